The van der Waals surface area contributed by atoms with Gasteiger partial charge in [-0.15, -0.1) is 5.10 Å². The number of amides is 1. The van der Waals surface area contributed by atoms with Crippen molar-refractivity contribution in [2.45, 2.75) is 33.3 Å². The van der Waals surface area contributed by atoms with E-state index in [9.17, 15) is 9.59 Å². The lowest BCUT2D eigenvalue weighted by Gasteiger charge is -2.19. The third kappa shape index (κ3) is 2.93. The summed E-state index contributed by atoms with van der Waals surface area (Å²) >= 11 is 0. The largest absolute Gasteiger partial charge is 0.443 e. The fraction of sp³-hybridized carbons (Fsp3) is 0.417. The molecule has 0 atom stereocenters. The second-order valence-electron chi connectivity index (χ2n) is 5.16. The van der Waals surface area contributed by atoms with Crippen LogP contribution in [0.15, 0.2) is 18.5 Å². The molecule has 2 rings (SSSR count). The van der Waals surface area contributed by atoms with Crippen LogP contribution in [-0.2, 0) is 9.53 Å². The monoisotopic (exact) mass is 264 g/mol. The third-order valence-electron chi connectivity index (χ3n) is 2.21. The highest BCUT2D eigenvalue weighted by atomic mass is 16.6. The molecule has 0 saturated carbocycles. The van der Waals surface area contributed by atoms with Gasteiger partial charge in [-0.05, 0) is 20.8 Å². The van der Waals surface area contributed by atoms with E-state index >= 15 is 0 Å². The van der Waals surface area contributed by atoms with Crippen molar-refractivity contribution < 1.29 is 14.3 Å². The number of imidazole rings is 1. The number of hydrogen-bond acceptors (Lipinski definition) is 4. The predicted molar refractivity (Wildman–Crippen MR) is 69.1 cm³/mol. The summed E-state index contributed by atoms with van der Waals surface area (Å²) in [6, 6.07) is 1.60. The van der Waals surface area contributed by atoms with Crippen molar-refractivity contribution in [2.24, 2.45) is 0 Å². The fourth-order valence-corrected chi connectivity index (χ4v) is 1.59. The first-order valence-electron chi connectivity index (χ1n) is 5.84. The van der Waals surface area contributed by atoms with Crippen LogP contribution in [0.3, 0.4) is 0 Å². The minimum Gasteiger partial charge on any atom is -0.443 e. The molecule has 1 N–H and O–H groups in total. The Balaban J connectivity index is 2.31. The van der Waals surface area contributed by atoms with Gasteiger partial charge in [-0.3, -0.25) is 4.79 Å². The van der Waals surface area contributed by atoms with E-state index in [4.69, 9.17) is 4.74 Å². The van der Waals surface area contributed by atoms with Gasteiger partial charge in [-0.1, -0.05) is 0 Å². The molecule has 7 heteroatoms. The van der Waals surface area contributed by atoms with Gasteiger partial charge in [0.1, 0.15) is 11.2 Å². The highest BCUT2D eigenvalue weighted by molar-refractivity contribution is 5.88. The molecule has 0 spiro atoms. The summed E-state index contributed by atoms with van der Waals surface area (Å²) in [5, 5.41) is 6.67. The molecule has 1 amide bonds. The molecule has 0 aliphatic carbocycles. The standard InChI is InChI=1S/C12H16N4O3/c1-8(17)13-9-7-10-15(5-6-16(10)14-9)11(18)19-12(2,3)4/h5-7H,1-4H3,(H,13,14,17). The first kappa shape index (κ1) is 13.1. The van der Waals surface area contributed by atoms with Crippen LogP contribution in [0, 0.1) is 0 Å². The van der Waals surface area contributed by atoms with Crippen molar-refractivity contribution in [3.05, 3.63) is 18.5 Å². The van der Waals surface area contributed by atoms with Gasteiger partial charge in [0, 0.05) is 25.4 Å². The Morgan fingerprint density at radius 2 is 2.00 bits per heavy atom. The molecule has 0 fully saturated rings. The number of carbonyl (C=O) groups excluding carboxylic acids is 2. The highest BCUT2D eigenvalue weighted by Gasteiger charge is 2.20. The zero-order valence-corrected chi connectivity index (χ0v) is 11.3. The number of nitrogens with zero attached hydrogens (tertiary/aromatic N) is 3. The molecule has 0 bridgehead atoms. The third-order valence-corrected chi connectivity index (χ3v) is 2.21. The van der Waals surface area contributed by atoms with E-state index in [1.807, 2.05) is 0 Å². The lowest BCUT2D eigenvalue weighted by molar-refractivity contribution is -0.114. The van der Waals surface area contributed by atoms with Crippen LogP contribution < -0.4 is 5.32 Å². The number of aromatic nitrogens is 3. The van der Waals surface area contributed by atoms with E-state index in [0.717, 1.165) is 0 Å². The topological polar surface area (TPSA) is 77.6 Å². The average molecular weight is 264 g/mol. The summed E-state index contributed by atoms with van der Waals surface area (Å²) in [5.41, 5.74) is -0.0447. The van der Waals surface area contributed by atoms with Crippen molar-refractivity contribution >= 4 is 23.5 Å². The summed E-state index contributed by atoms with van der Waals surface area (Å²) < 4.78 is 8.11. The van der Waals surface area contributed by atoms with Crippen molar-refractivity contribution in [2.75, 3.05) is 5.32 Å². The van der Waals surface area contributed by atoms with E-state index in [0.29, 0.717) is 11.5 Å². The lowest BCUT2D eigenvalue weighted by Crippen LogP contribution is -2.26. The van der Waals surface area contributed by atoms with Crippen molar-refractivity contribution in [3.8, 4) is 0 Å². The maximum Gasteiger partial charge on any atom is 0.420 e. The number of ether oxygens (including phenoxy) is 1. The molecular formula is C12H16N4O3. The van der Waals surface area contributed by atoms with Crippen LogP contribution in [0.5, 0.6) is 0 Å². The lowest BCUT2D eigenvalue weighted by atomic mass is 10.2. The zero-order chi connectivity index (χ0) is 14.2. The summed E-state index contributed by atoms with van der Waals surface area (Å²) in [4.78, 5) is 22.9. The van der Waals surface area contributed by atoms with Gasteiger partial charge >= 0.3 is 6.09 Å². The number of rotatable bonds is 1. The number of nitrogens with one attached hydrogen (secondary N) is 1. The molecule has 102 valence electrons. The number of hydrogen-bond donors (Lipinski definition) is 1. The van der Waals surface area contributed by atoms with Crippen LogP contribution in [0.25, 0.3) is 5.65 Å². The van der Waals surface area contributed by atoms with Gasteiger partial charge in [0.2, 0.25) is 5.91 Å². The number of carbonyl (C=O) groups is 2. The van der Waals surface area contributed by atoms with Crippen LogP contribution >= 0.6 is 0 Å². The van der Waals surface area contributed by atoms with Gasteiger partial charge in [-0.2, -0.15) is 0 Å². The maximum atomic E-state index is 12.0. The van der Waals surface area contributed by atoms with E-state index in [1.54, 1.807) is 39.2 Å². The Morgan fingerprint density at radius 3 is 2.58 bits per heavy atom. The maximum absolute atomic E-state index is 12.0. The highest BCUT2D eigenvalue weighted by Crippen LogP contribution is 2.15. The molecule has 0 aromatic carbocycles. The second kappa shape index (κ2) is 4.42. The summed E-state index contributed by atoms with van der Waals surface area (Å²) in [6.07, 6.45) is 2.69. The Kier molecular flexibility index (Phi) is 3.05. The molecular weight excluding hydrogens is 248 g/mol. The minimum absolute atomic E-state index is 0.218. The molecule has 19 heavy (non-hydrogen) atoms. The Labute approximate surface area is 110 Å². The zero-order valence-electron chi connectivity index (χ0n) is 11.3. The molecule has 0 aliphatic heterocycles. The number of fused-ring (bicyclic) bond motifs is 1. The normalized spacial score (nSPS) is 11.6. The van der Waals surface area contributed by atoms with Gasteiger partial charge in [0.15, 0.2) is 5.82 Å². The Morgan fingerprint density at radius 1 is 1.32 bits per heavy atom. The molecule has 2 aromatic heterocycles. The van der Waals surface area contributed by atoms with Crippen LogP contribution in [-0.4, -0.2) is 31.8 Å². The SMILES string of the molecule is CC(=O)Nc1cc2n(C(=O)OC(C)(C)C)ccn2n1. The van der Waals surface area contributed by atoms with Crippen LogP contribution in [0.2, 0.25) is 0 Å². The quantitative estimate of drug-likeness (QED) is 0.853. The first-order valence-corrected chi connectivity index (χ1v) is 5.84. The molecule has 0 saturated heterocycles. The first-order chi connectivity index (χ1) is 8.76. The van der Waals surface area contributed by atoms with Gasteiger partial charge in [0.05, 0.1) is 0 Å². The predicted octanol–water partition coefficient (Wildman–Crippen LogP) is 1.88. The van der Waals surface area contributed by atoms with Crippen molar-refractivity contribution in [1.29, 1.82) is 0 Å². The van der Waals surface area contributed by atoms with Crippen LogP contribution in [0.1, 0.15) is 27.7 Å². The molecule has 2 heterocycles. The van der Waals surface area contributed by atoms with Gasteiger partial charge in [-0.25, -0.2) is 13.9 Å². The Bertz CT molecular complexity index is 633. The molecule has 0 radical (unpaired) electrons. The molecule has 0 aliphatic rings. The summed E-state index contributed by atoms with van der Waals surface area (Å²) in [6.45, 7) is 6.78. The summed E-state index contributed by atoms with van der Waals surface area (Å²) in [5.74, 6) is 0.171. The molecule has 7 nitrogen and oxygen atoms in total. The smallest absolute Gasteiger partial charge is 0.420 e. The van der Waals surface area contributed by atoms with Crippen LogP contribution in [0.4, 0.5) is 10.6 Å². The van der Waals surface area contributed by atoms with E-state index in [1.165, 1.54) is 16.0 Å². The minimum atomic E-state index is -0.571. The second-order valence-corrected chi connectivity index (χ2v) is 5.16. The van der Waals surface area contributed by atoms with Gasteiger partial charge in [0.25, 0.3) is 0 Å². The van der Waals surface area contributed by atoms with Crippen molar-refractivity contribution in [1.82, 2.24) is 14.2 Å². The molecule has 0 unspecified atom stereocenters. The summed E-state index contributed by atoms with van der Waals surface area (Å²) in [7, 11) is 0. The van der Waals surface area contributed by atoms with Crippen molar-refractivity contribution in [3.63, 3.8) is 0 Å². The fourth-order valence-electron chi connectivity index (χ4n) is 1.59. The van der Waals surface area contributed by atoms with E-state index in [-0.39, 0.29) is 5.91 Å². The number of anilines is 1. The van der Waals surface area contributed by atoms with E-state index in [2.05, 4.69) is 10.4 Å². The molecule has 2 aromatic rings. The van der Waals surface area contributed by atoms with E-state index < -0.39 is 11.7 Å². The van der Waals surface area contributed by atoms with Gasteiger partial charge < -0.3 is 10.1 Å². The average Bonchev–Trinajstić information content (AvgIpc) is 2.71. The Hall–Kier alpha value is -2.31.